The molecule has 144 valence electrons. The van der Waals surface area contributed by atoms with E-state index in [9.17, 15) is 13.2 Å². The summed E-state index contributed by atoms with van der Waals surface area (Å²) in [6.07, 6.45) is 9.21. The van der Waals surface area contributed by atoms with Crippen molar-refractivity contribution in [3.8, 4) is 0 Å². The van der Waals surface area contributed by atoms with Crippen LogP contribution in [-0.2, 0) is 14.8 Å². The maximum atomic E-state index is 12.7. The van der Waals surface area contributed by atoms with Crippen LogP contribution < -0.4 is 9.62 Å². The van der Waals surface area contributed by atoms with Crippen LogP contribution >= 0.6 is 11.6 Å². The molecule has 1 aliphatic rings. The van der Waals surface area contributed by atoms with E-state index < -0.39 is 16.1 Å². The Morgan fingerprint density at radius 3 is 2.50 bits per heavy atom. The highest BCUT2D eigenvalue weighted by atomic mass is 35.5. The van der Waals surface area contributed by atoms with Gasteiger partial charge >= 0.3 is 0 Å². The molecule has 1 aliphatic carbocycles. The second-order valence-corrected chi connectivity index (χ2v) is 8.90. The number of halogens is 1. The Hall–Kier alpha value is -1.53. The average Bonchev–Trinajstić information content (AvgIpc) is 2.60. The SMILES string of the molecule is CC[C@H](C(=O)NCCC1=CCCCC1)N(c1ccc(Cl)cc1)S(C)(=O)=O. The van der Waals surface area contributed by atoms with Crippen molar-refractivity contribution in [2.45, 2.75) is 51.5 Å². The molecule has 0 saturated carbocycles. The first kappa shape index (κ1) is 20.8. The number of hydrogen-bond donors (Lipinski definition) is 1. The predicted molar refractivity (Wildman–Crippen MR) is 107 cm³/mol. The van der Waals surface area contributed by atoms with Crippen molar-refractivity contribution in [2.24, 2.45) is 0 Å². The molecule has 2 rings (SSSR count). The fourth-order valence-electron chi connectivity index (χ4n) is 3.24. The molecular formula is C19H27ClN2O3S. The van der Waals surface area contributed by atoms with Gasteiger partial charge in [-0.3, -0.25) is 9.10 Å². The van der Waals surface area contributed by atoms with Crippen molar-refractivity contribution >= 4 is 33.2 Å². The van der Waals surface area contributed by atoms with Crippen molar-refractivity contribution in [2.75, 3.05) is 17.1 Å². The third kappa shape index (κ3) is 5.74. The molecule has 7 heteroatoms. The van der Waals surface area contributed by atoms with Gasteiger partial charge in [0, 0.05) is 11.6 Å². The van der Waals surface area contributed by atoms with E-state index in [0.29, 0.717) is 23.7 Å². The zero-order chi connectivity index (χ0) is 19.2. The zero-order valence-corrected chi connectivity index (χ0v) is 16.9. The Bertz CT molecular complexity index is 745. The van der Waals surface area contributed by atoms with Gasteiger partial charge in [0.05, 0.1) is 11.9 Å². The lowest BCUT2D eigenvalue weighted by Crippen LogP contribution is -2.49. The predicted octanol–water partition coefficient (Wildman–Crippen LogP) is 3.89. The summed E-state index contributed by atoms with van der Waals surface area (Å²) in [4.78, 5) is 12.7. The van der Waals surface area contributed by atoms with Crippen LogP contribution in [0.15, 0.2) is 35.9 Å². The van der Waals surface area contributed by atoms with Crippen LogP contribution in [0.25, 0.3) is 0 Å². The molecule has 0 aliphatic heterocycles. The topological polar surface area (TPSA) is 66.5 Å². The minimum absolute atomic E-state index is 0.274. The van der Waals surface area contributed by atoms with Gasteiger partial charge in [0.25, 0.3) is 0 Å². The molecule has 1 amide bonds. The first-order valence-electron chi connectivity index (χ1n) is 9.03. The third-order valence-corrected chi connectivity index (χ3v) is 5.97. The Morgan fingerprint density at radius 1 is 1.27 bits per heavy atom. The summed E-state index contributed by atoms with van der Waals surface area (Å²) in [6.45, 7) is 2.33. The Kier molecular flexibility index (Phi) is 7.53. The summed E-state index contributed by atoms with van der Waals surface area (Å²) in [5.41, 5.74) is 1.82. The van der Waals surface area contributed by atoms with E-state index in [1.54, 1.807) is 24.3 Å². The minimum atomic E-state index is -3.61. The molecule has 26 heavy (non-hydrogen) atoms. The van der Waals surface area contributed by atoms with Gasteiger partial charge < -0.3 is 5.32 Å². The molecule has 5 nitrogen and oxygen atoms in total. The molecule has 0 aromatic heterocycles. The molecule has 1 aromatic rings. The largest absolute Gasteiger partial charge is 0.354 e. The Labute approximate surface area is 161 Å². The smallest absolute Gasteiger partial charge is 0.243 e. The molecular weight excluding hydrogens is 372 g/mol. The number of carbonyl (C=O) groups is 1. The summed E-state index contributed by atoms with van der Waals surface area (Å²) in [7, 11) is -3.61. The lowest BCUT2D eigenvalue weighted by Gasteiger charge is -2.30. The van der Waals surface area contributed by atoms with Crippen molar-refractivity contribution < 1.29 is 13.2 Å². The molecule has 1 aromatic carbocycles. The van der Waals surface area contributed by atoms with Gasteiger partial charge in [-0.15, -0.1) is 0 Å². The number of allylic oxidation sites excluding steroid dienone is 1. The number of nitrogens with one attached hydrogen (secondary N) is 1. The lowest BCUT2D eigenvalue weighted by molar-refractivity contribution is -0.122. The Balaban J connectivity index is 2.09. The first-order chi connectivity index (χ1) is 12.3. The number of rotatable bonds is 8. The van der Waals surface area contributed by atoms with Gasteiger partial charge in [0.15, 0.2) is 0 Å². The van der Waals surface area contributed by atoms with Crippen molar-refractivity contribution in [3.05, 3.63) is 40.9 Å². The fraction of sp³-hybridized carbons (Fsp3) is 0.526. The molecule has 0 spiro atoms. The zero-order valence-electron chi connectivity index (χ0n) is 15.4. The first-order valence-corrected chi connectivity index (χ1v) is 11.3. The molecule has 0 unspecified atom stereocenters. The highest BCUT2D eigenvalue weighted by Crippen LogP contribution is 2.24. The van der Waals surface area contributed by atoms with Gasteiger partial charge in [-0.2, -0.15) is 0 Å². The average molecular weight is 399 g/mol. The van der Waals surface area contributed by atoms with Gasteiger partial charge in [0.2, 0.25) is 15.9 Å². The molecule has 0 radical (unpaired) electrons. The number of carbonyl (C=O) groups excluding carboxylic acids is 1. The third-order valence-electron chi connectivity index (χ3n) is 4.54. The molecule has 0 bridgehead atoms. The summed E-state index contributed by atoms with van der Waals surface area (Å²) >= 11 is 5.90. The second kappa shape index (κ2) is 9.42. The van der Waals surface area contributed by atoms with Crippen LogP contribution in [0.5, 0.6) is 0 Å². The van der Waals surface area contributed by atoms with E-state index >= 15 is 0 Å². The highest BCUT2D eigenvalue weighted by molar-refractivity contribution is 7.92. The summed E-state index contributed by atoms with van der Waals surface area (Å²) in [5, 5.41) is 3.42. The van der Waals surface area contributed by atoms with Crippen molar-refractivity contribution in [3.63, 3.8) is 0 Å². The number of nitrogens with zero attached hydrogens (tertiary/aromatic N) is 1. The molecule has 0 saturated heterocycles. The van der Waals surface area contributed by atoms with Gasteiger partial charge in [-0.05, 0) is 62.8 Å². The van der Waals surface area contributed by atoms with Crippen LogP contribution in [0.2, 0.25) is 5.02 Å². The number of hydrogen-bond acceptors (Lipinski definition) is 3. The normalized spacial score (nSPS) is 15.9. The highest BCUT2D eigenvalue weighted by Gasteiger charge is 2.31. The van der Waals surface area contributed by atoms with Crippen LogP contribution in [0.4, 0.5) is 5.69 Å². The lowest BCUT2D eigenvalue weighted by atomic mass is 9.97. The standard InChI is InChI=1S/C19H27ClN2O3S/c1-3-18(19(23)21-14-13-15-7-5-4-6-8-15)22(26(2,24)25)17-11-9-16(20)10-12-17/h7,9-12,18H,3-6,8,13-14H2,1-2H3,(H,21,23)/t18-/m1/s1. The number of benzene rings is 1. The van der Waals surface area contributed by atoms with E-state index in [1.807, 2.05) is 6.92 Å². The monoisotopic (exact) mass is 398 g/mol. The maximum Gasteiger partial charge on any atom is 0.243 e. The van der Waals surface area contributed by atoms with Crippen LogP contribution in [-0.4, -0.2) is 33.2 Å². The van der Waals surface area contributed by atoms with Gasteiger partial charge in [-0.1, -0.05) is 30.2 Å². The fourth-order valence-corrected chi connectivity index (χ4v) is 4.58. The van der Waals surface area contributed by atoms with Crippen molar-refractivity contribution in [1.82, 2.24) is 5.32 Å². The quantitative estimate of drug-likeness (QED) is 0.675. The van der Waals surface area contributed by atoms with Gasteiger partial charge in [-0.25, -0.2) is 8.42 Å². The van der Waals surface area contributed by atoms with E-state index in [1.165, 1.54) is 22.7 Å². The van der Waals surface area contributed by atoms with E-state index in [4.69, 9.17) is 11.6 Å². The summed E-state index contributed by atoms with van der Waals surface area (Å²) in [6, 6.07) is 5.69. The van der Waals surface area contributed by atoms with Crippen LogP contribution in [0.1, 0.15) is 45.4 Å². The minimum Gasteiger partial charge on any atom is -0.354 e. The van der Waals surface area contributed by atoms with E-state index in [2.05, 4.69) is 11.4 Å². The maximum absolute atomic E-state index is 12.7. The van der Waals surface area contributed by atoms with Crippen molar-refractivity contribution in [1.29, 1.82) is 0 Å². The molecule has 1 atom stereocenters. The second-order valence-electron chi connectivity index (χ2n) is 6.61. The Morgan fingerprint density at radius 2 is 1.96 bits per heavy atom. The number of sulfonamides is 1. The van der Waals surface area contributed by atoms with E-state index in [0.717, 1.165) is 25.5 Å². The van der Waals surface area contributed by atoms with Crippen LogP contribution in [0, 0.1) is 0 Å². The number of amides is 1. The van der Waals surface area contributed by atoms with Crippen LogP contribution in [0.3, 0.4) is 0 Å². The van der Waals surface area contributed by atoms with Gasteiger partial charge in [0.1, 0.15) is 6.04 Å². The molecule has 1 N–H and O–H groups in total. The molecule has 0 heterocycles. The van der Waals surface area contributed by atoms with E-state index in [-0.39, 0.29) is 5.91 Å². The number of anilines is 1. The summed E-state index contributed by atoms with van der Waals surface area (Å²) in [5.74, 6) is -0.274. The summed E-state index contributed by atoms with van der Waals surface area (Å²) < 4.78 is 25.9. The molecule has 0 fully saturated rings.